The van der Waals surface area contributed by atoms with E-state index in [1.807, 2.05) is 13.8 Å². The molecule has 2 unspecified atom stereocenters. The lowest BCUT2D eigenvalue weighted by atomic mass is 10.2. The molecule has 0 aromatic heterocycles. The van der Waals surface area contributed by atoms with E-state index in [9.17, 15) is 4.79 Å². The molecule has 0 fully saturated rings. The fourth-order valence-corrected chi connectivity index (χ4v) is 1.32. The molecular weight excluding hydrogens is 300 g/mol. The van der Waals surface area contributed by atoms with Crippen LogP contribution in [-0.4, -0.2) is 70.0 Å². The Hall–Kier alpha value is -0.970. The summed E-state index contributed by atoms with van der Waals surface area (Å²) in [6, 6.07) is 0. The van der Waals surface area contributed by atoms with Gasteiger partial charge in [-0.3, -0.25) is 0 Å². The van der Waals surface area contributed by atoms with E-state index in [1.54, 1.807) is 0 Å². The number of ether oxygens (including phenoxy) is 6. The van der Waals surface area contributed by atoms with Gasteiger partial charge in [-0.15, -0.1) is 0 Å². The van der Waals surface area contributed by atoms with Crippen LogP contribution >= 0.6 is 0 Å². The first-order valence-corrected chi connectivity index (χ1v) is 6.92. The van der Waals surface area contributed by atoms with E-state index in [0.717, 1.165) is 0 Å². The van der Waals surface area contributed by atoms with Crippen molar-refractivity contribution in [2.24, 2.45) is 11.8 Å². The van der Waals surface area contributed by atoms with Crippen LogP contribution in [0.5, 0.6) is 0 Å². The minimum absolute atomic E-state index is 0.0673. The summed E-state index contributed by atoms with van der Waals surface area (Å²) in [7, 11) is 0. The molecule has 0 rings (SSSR count). The van der Waals surface area contributed by atoms with Crippen LogP contribution in [0.1, 0.15) is 13.8 Å². The number of hydrogen-bond acceptors (Lipinski definition) is 9. The molecule has 0 aliphatic heterocycles. The zero-order valence-electron chi connectivity index (χ0n) is 13.1. The van der Waals surface area contributed by atoms with E-state index < -0.39 is 6.16 Å². The largest absolute Gasteiger partial charge is 0.512 e. The number of hydrogen-bond donors (Lipinski definition) is 2. The molecule has 9 nitrogen and oxygen atoms in total. The molecule has 0 saturated carbocycles. The van der Waals surface area contributed by atoms with E-state index >= 15 is 0 Å². The van der Waals surface area contributed by atoms with Crippen molar-refractivity contribution in [3.8, 4) is 0 Å². The monoisotopic (exact) mass is 326 g/mol. The van der Waals surface area contributed by atoms with Gasteiger partial charge < -0.3 is 38.6 Å². The Kier molecular flexibility index (Phi) is 14.3. The van der Waals surface area contributed by atoms with Crippen LogP contribution in [0, 0.1) is 11.8 Å². The fraction of sp³-hybridized carbons (Fsp3) is 0.923. The lowest BCUT2D eigenvalue weighted by molar-refractivity contribution is -0.0972. The predicted molar refractivity (Wildman–Crippen MR) is 73.6 cm³/mol. The molecule has 0 saturated heterocycles. The highest BCUT2D eigenvalue weighted by Crippen LogP contribution is 1.99. The summed E-state index contributed by atoms with van der Waals surface area (Å²) in [4.78, 5) is 11.2. The zero-order chi connectivity index (χ0) is 16.6. The molecule has 0 radical (unpaired) electrons. The van der Waals surface area contributed by atoms with Gasteiger partial charge in [-0.1, -0.05) is 13.8 Å². The van der Waals surface area contributed by atoms with Crippen LogP contribution in [-0.2, 0) is 28.4 Å². The third-order valence-corrected chi connectivity index (χ3v) is 2.31. The van der Waals surface area contributed by atoms with Gasteiger partial charge in [-0.25, -0.2) is 4.79 Å². The second-order valence-corrected chi connectivity index (χ2v) is 4.73. The van der Waals surface area contributed by atoms with Crippen molar-refractivity contribution in [2.75, 3.05) is 53.6 Å². The highest BCUT2D eigenvalue weighted by molar-refractivity contribution is 5.59. The molecule has 0 aromatic carbocycles. The summed E-state index contributed by atoms with van der Waals surface area (Å²) in [5.41, 5.74) is 0. The van der Waals surface area contributed by atoms with Gasteiger partial charge >= 0.3 is 6.16 Å². The van der Waals surface area contributed by atoms with Gasteiger partial charge in [0.25, 0.3) is 0 Å². The summed E-state index contributed by atoms with van der Waals surface area (Å²) in [5.74, 6) is 0.135. The maximum atomic E-state index is 11.2. The molecule has 0 amide bonds. The summed E-state index contributed by atoms with van der Waals surface area (Å²) in [6.45, 7) is 3.95. The van der Waals surface area contributed by atoms with E-state index in [1.165, 1.54) is 0 Å². The number of carbonyl (C=O) groups is 1. The van der Waals surface area contributed by atoms with Crippen molar-refractivity contribution in [1.29, 1.82) is 0 Å². The molecule has 2 N–H and O–H groups in total. The van der Waals surface area contributed by atoms with Gasteiger partial charge in [-0.05, 0) is 0 Å². The number of rotatable bonds is 14. The average molecular weight is 326 g/mol. The maximum absolute atomic E-state index is 11.2. The van der Waals surface area contributed by atoms with E-state index in [-0.39, 0.29) is 39.0 Å². The predicted octanol–water partition coefficient (Wildman–Crippen LogP) is 0.293. The number of carbonyl (C=O) groups excluding carboxylic acids is 1. The lowest BCUT2D eigenvalue weighted by Crippen LogP contribution is -2.18. The molecule has 0 spiro atoms. The quantitative estimate of drug-likeness (QED) is 0.264. The smallest absolute Gasteiger partial charge is 0.407 e. The Morgan fingerprint density at radius 3 is 1.50 bits per heavy atom. The van der Waals surface area contributed by atoms with Gasteiger partial charge in [0.15, 0.2) is 13.6 Å². The van der Waals surface area contributed by atoms with Gasteiger partial charge in [0, 0.05) is 11.8 Å². The highest BCUT2D eigenvalue weighted by atomic mass is 16.8. The molecular formula is C13H26O9. The molecule has 0 aliphatic rings. The van der Waals surface area contributed by atoms with Crippen LogP contribution < -0.4 is 0 Å². The minimum Gasteiger partial charge on any atom is -0.407 e. The van der Waals surface area contributed by atoms with Crippen molar-refractivity contribution < 1.29 is 43.4 Å². The van der Waals surface area contributed by atoms with Crippen molar-refractivity contribution in [3.63, 3.8) is 0 Å². The topological polar surface area (TPSA) is 113 Å². The second-order valence-electron chi connectivity index (χ2n) is 4.73. The molecule has 0 bridgehead atoms. The fourth-order valence-electron chi connectivity index (χ4n) is 1.32. The highest BCUT2D eigenvalue weighted by Gasteiger charge is 2.07. The van der Waals surface area contributed by atoms with Gasteiger partial charge in [-0.2, -0.15) is 0 Å². The minimum atomic E-state index is -0.890. The summed E-state index contributed by atoms with van der Waals surface area (Å²) in [5, 5.41) is 16.9. The molecule has 0 aliphatic carbocycles. The Labute approximate surface area is 130 Å². The van der Waals surface area contributed by atoms with Crippen molar-refractivity contribution in [2.45, 2.75) is 13.8 Å². The van der Waals surface area contributed by atoms with Crippen molar-refractivity contribution in [1.82, 2.24) is 0 Å². The van der Waals surface area contributed by atoms with Crippen LogP contribution in [0.4, 0.5) is 4.79 Å². The maximum Gasteiger partial charge on any atom is 0.512 e. The second kappa shape index (κ2) is 14.9. The van der Waals surface area contributed by atoms with E-state index in [2.05, 4.69) is 9.47 Å². The van der Waals surface area contributed by atoms with Crippen LogP contribution in [0.15, 0.2) is 0 Å². The summed E-state index contributed by atoms with van der Waals surface area (Å²) >= 11 is 0. The van der Waals surface area contributed by atoms with E-state index in [4.69, 9.17) is 29.2 Å². The first kappa shape index (κ1) is 21.0. The molecule has 132 valence electrons. The van der Waals surface area contributed by atoms with Crippen LogP contribution in [0.25, 0.3) is 0 Å². The first-order valence-electron chi connectivity index (χ1n) is 6.92. The first-order chi connectivity index (χ1) is 10.6. The van der Waals surface area contributed by atoms with Crippen molar-refractivity contribution >= 4 is 6.16 Å². The normalized spacial score (nSPS) is 13.6. The standard InChI is InChI=1S/C13H26O9/c1-11(3-17-7-14)5-19-9-21-13(16)22-10-20-6-12(2)4-18-8-15/h11-12,14-15H,3-10H2,1-2H3. The summed E-state index contributed by atoms with van der Waals surface area (Å²) < 4.78 is 29.1. The molecule has 0 aromatic rings. The molecule has 9 heteroatoms. The molecule has 0 heterocycles. The van der Waals surface area contributed by atoms with Crippen molar-refractivity contribution in [3.05, 3.63) is 0 Å². The van der Waals surface area contributed by atoms with Gasteiger partial charge in [0.1, 0.15) is 13.6 Å². The number of aliphatic hydroxyl groups excluding tert-OH is 2. The van der Waals surface area contributed by atoms with Gasteiger partial charge in [0.05, 0.1) is 26.4 Å². The average Bonchev–Trinajstić information content (AvgIpc) is 2.51. The number of aliphatic hydroxyl groups is 2. The lowest BCUT2D eigenvalue weighted by Gasteiger charge is -2.13. The van der Waals surface area contributed by atoms with E-state index in [0.29, 0.717) is 26.4 Å². The molecule has 22 heavy (non-hydrogen) atoms. The Morgan fingerprint density at radius 2 is 1.14 bits per heavy atom. The SMILES string of the molecule is CC(COCO)COCOC(=O)OCOCC(C)COCO. The molecule has 2 atom stereocenters. The Balaban J connectivity index is 3.39. The summed E-state index contributed by atoms with van der Waals surface area (Å²) in [6.07, 6.45) is -0.890. The Bertz CT molecular complexity index is 238. The Morgan fingerprint density at radius 1 is 0.773 bits per heavy atom. The third-order valence-electron chi connectivity index (χ3n) is 2.31. The van der Waals surface area contributed by atoms with Gasteiger partial charge in [0.2, 0.25) is 0 Å². The van der Waals surface area contributed by atoms with Crippen LogP contribution in [0.2, 0.25) is 0 Å². The van der Waals surface area contributed by atoms with Crippen LogP contribution in [0.3, 0.4) is 0 Å². The third kappa shape index (κ3) is 14.0. The zero-order valence-corrected chi connectivity index (χ0v) is 13.1.